The first kappa shape index (κ1) is 20.6. The van der Waals surface area contributed by atoms with Crippen LogP contribution in [0.1, 0.15) is 55.6 Å². The summed E-state index contributed by atoms with van der Waals surface area (Å²) in [4.78, 5) is 5.38. The number of nitrogens with zero attached hydrogens (tertiary/aromatic N) is 3. The van der Waals surface area contributed by atoms with Gasteiger partial charge in [0.2, 0.25) is 0 Å². The number of ether oxygens (including phenoxy) is 1. The summed E-state index contributed by atoms with van der Waals surface area (Å²) < 4.78 is 8.86. The predicted octanol–water partition coefficient (Wildman–Crippen LogP) is 6.23. The van der Waals surface area contributed by atoms with Crippen LogP contribution >= 0.6 is 38.9 Å². The highest BCUT2D eigenvalue weighted by molar-refractivity contribution is 9.11. The fourth-order valence-electron chi connectivity index (χ4n) is 4.11. The van der Waals surface area contributed by atoms with Gasteiger partial charge in [0.05, 0.1) is 15.3 Å². The second-order valence-corrected chi connectivity index (χ2v) is 11.1. The minimum Gasteiger partial charge on any atom is -0.384 e. The Morgan fingerprint density at radius 1 is 1.20 bits per heavy atom. The van der Waals surface area contributed by atoms with Crippen molar-refractivity contribution in [3.8, 4) is 10.7 Å². The second-order valence-electron chi connectivity index (χ2n) is 8.25. The lowest BCUT2D eigenvalue weighted by molar-refractivity contribution is -0.0676. The number of hydrogen-bond acceptors (Lipinski definition) is 5. The Bertz CT molecular complexity index is 1010. The molecule has 158 valence electrons. The molecule has 3 atom stereocenters. The van der Waals surface area contributed by atoms with Gasteiger partial charge in [0.1, 0.15) is 12.4 Å². The van der Waals surface area contributed by atoms with Gasteiger partial charge in [-0.2, -0.15) is 0 Å². The Balaban J connectivity index is 1.33. The summed E-state index contributed by atoms with van der Waals surface area (Å²) in [5.74, 6) is 2.24. The standard InChI is InChI=1S/C22H23BrClN3O2S/c23-18-10-17(20(28)15-4-6-16(24)7-5-15)21(30-18)22-25-12-27(26-22)19-8-3-14(11-29-19)9-13-1-2-13/h4-7,10,12-14,19-20,28H,1-3,8-9,11H2. The number of benzene rings is 1. The lowest BCUT2D eigenvalue weighted by atomic mass is 9.95. The zero-order valence-corrected chi connectivity index (χ0v) is 19.5. The molecule has 8 heteroatoms. The van der Waals surface area contributed by atoms with Crippen molar-refractivity contribution in [2.45, 2.75) is 44.4 Å². The molecular formula is C22H23BrClN3O2S. The van der Waals surface area contributed by atoms with Gasteiger partial charge >= 0.3 is 0 Å². The number of aromatic nitrogens is 3. The number of thiophene rings is 1. The number of hydrogen-bond donors (Lipinski definition) is 1. The van der Waals surface area contributed by atoms with Gasteiger partial charge in [-0.25, -0.2) is 9.67 Å². The van der Waals surface area contributed by atoms with E-state index >= 15 is 0 Å². The summed E-state index contributed by atoms with van der Waals surface area (Å²) in [6, 6.07) is 9.17. The molecule has 5 nitrogen and oxygen atoms in total. The van der Waals surface area contributed by atoms with Gasteiger partial charge in [0, 0.05) is 10.6 Å². The van der Waals surface area contributed by atoms with Gasteiger partial charge in [-0.3, -0.25) is 0 Å². The summed E-state index contributed by atoms with van der Waals surface area (Å²) in [6.45, 7) is 0.807. The zero-order chi connectivity index (χ0) is 20.7. The van der Waals surface area contributed by atoms with E-state index in [1.807, 2.05) is 22.9 Å². The normalized spacial score (nSPS) is 22.9. The molecular weight excluding hydrogens is 486 g/mol. The van der Waals surface area contributed by atoms with Crippen LogP contribution in [0.4, 0.5) is 0 Å². The van der Waals surface area contributed by atoms with Crippen LogP contribution in [0.2, 0.25) is 5.02 Å². The molecule has 5 rings (SSSR count). The molecule has 3 heterocycles. The molecule has 3 aromatic rings. The van der Waals surface area contributed by atoms with E-state index in [0.29, 0.717) is 16.8 Å². The average Bonchev–Trinajstić information content (AvgIpc) is 3.27. The number of aliphatic hydroxyl groups excluding tert-OH is 1. The first-order chi connectivity index (χ1) is 14.6. The van der Waals surface area contributed by atoms with E-state index in [1.54, 1.807) is 18.5 Å². The highest BCUT2D eigenvalue weighted by Gasteiger charge is 2.30. The molecule has 3 unspecified atom stereocenters. The van der Waals surface area contributed by atoms with Crippen molar-refractivity contribution in [3.05, 3.63) is 56.6 Å². The van der Waals surface area contributed by atoms with Gasteiger partial charge in [-0.05, 0) is 70.8 Å². The highest BCUT2D eigenvalue weighted by atomic mass is 79.9. The van der Waals surface area contributed by atoms with Crippen molar-refractivity contribution in [3.63, 3.8) is 0 Å². The van der Waals surface area contributed by atoms with E-state index in [9.17, 15) is 5.11 Å². The van der Waals surface area contributed by atoms with Crippen molar-refractivity contribution < 1.29 is 9.84 Å². The molecule has 30 heavy (non-hydrogen) atoms. The lowest BCUT2D eigenvalue weighted by Gasteiger charge is -2.28. The first-order valence-electron chi connectivity index (χ1n) is 10.3. The molecule has 0 spiro atoms. The first-order valence-corrected chi connectivity index (χ1v) is 12.3. The van der Waals surface area contributed by atoms with Crippen LogP contribution in [-0.2, 0) is 4.74 Å². The summed E-state index contributed by atoms with van der Waals surface area (Å²) in [5, 5.41) is 16.3. The second kappa shape index (κ2) is 8.71. The Kier molecular flexibility index (Phi) is 5.99. The molecule has 0 bridgehead atoms. The van der Waals surface area contributed by atoms with Gasteiger partial charge in [0.15, 0.2) is 12.1 Å². The molecule has 1 saturated heterocycles. The summed E-state index contributed by atoms with van der Waals surface area (Å²) in [6.07, 6.45) is 7.16. The monoisotopic (exact) mass is 507 g/mol. The van der Waals surface area contributed by atoms with Crippen LogP contribution in [0.3, 0.4) is 0 Å². The van der Waals surface area contributed by atoms with Crippen LogP contribution in [0.15, 0.2) is 40.4 Å². The topological polar surface area (TPSA) is 60.2 Å². The molecule has 1 aromatic carbocycles. The van der Waals surface area contributed by atoms with Gasteiger partial charge in [-0.1, -0.05) is 36.6 Å². The maximum Gasteiger partial charge on any atom is 0.191 e. The maximum absolute atomic E-state index is 11.0. The number of halogens is 2. The van der Waals surface area contributed by atoms with Gasteiger partial charge < -0.3 is 9.84 Å². The predicted molar refractivity (Wildman–Crippen MR) is 122 cm³/mol. The lowest BCUT2D eigenvalue weighted by Crippen LogP contribution is -2.25. The van der Waals surface area contributed by atoms with Crippen LogP contribution in [0.5, 0.6) is 0 Å². The third kappa shape index (κ3) is 4.50. The van der Waals surface area contributed by atoms with Crippen LogP contribution < -0.4 is 0 Å². The molecule has 2 aromatic heterocycles. The third-order valence-electron chi connectivity index (χ3n) is 5.93. The Morgan fingerprint density at radius 2 is 1.97 bits per heavy atom. The van der Waals surface area contributed by atoms with E-state index in [2.05, 4.69) is 20.9 Å². The molecule has 2 aliphatic rings. The zero-order valence-electron chi connectivity index (χ0n) is 16.4. The minimum atomic E-state index is -0.777. The van der Waals surface area contributed by atoms with E-state index in [4.69, 9.17) is 21.4 Å². The summed E-state index contributed by atoms with van der Waals surface area (Å²) in [7, 11) is 0. The molecule has 1 N–H and O–H groups in total. The van der Waals surface area contributed by atoms with Gasteiger partial charge in [-0.15, -0.1) is 16.4 Å². The fourth-order valence-corrected chi connectivity index (χ4v) is 5.82. The van der Waals surface area contributed by atoms with Crippen molar-refractivity contribution in [1.82, 2.24) is 14.8 Å². The van der Waals surface area contributed by atoms with E-state index < -0.39 is 6.10 Å². The van der Waals surface area contributed by atoms with E-state index in [1.165, 1.54) is 37.0 Å². The number of rotatable bonds is 6. The van der Waals surface area contributed by atoms with E-state index in [-0.39, 0.29) is 6.23 Å². The molecule has 2 fully saturated rings. The molecule has 1 saturated carbocycles. The summed E-state index contributed by atoms with van der Waals surface area (Å²) in [5.41, 5.74) is 1.56. The third-order valence-corrected chi connectivity index (χ3v) is 7.83. The van der Waals surface area contributed by atoms with Crippen molar-refractivity contribution >= 4 is 38.9 Å². The van der Waals surface area contributed by atoms with E-state index in [0.717, 1.165) is 38.7 Å². The molecule has 1 aliphatic heterocycles. The Morgan fingerprint density at radius 3 is 2.67 bits per heavy atom. The van der Waals surface area contributed by atoms with Crippen molar-refractivity contribution in [2.75, 3.05) is 6.61 Å². The van der Waals surface area contributed by atoms with Crippen molar-refractivity contribution in [2.24, 2.45) is 11.8 Å². The maximum atomic E-state index is 11.0. The fraction of sp³-hybridized carbons (Fsp3) is 0.455. The van der Waals surface area contributed by atoms with Crippen LogP contribution in [-0.4, -0.2) is 26.5 Å². The largest absolute Gasteiger partial charge is 0.384 e. The minimum absolute atomic E-state index is 0.0604. The quantitative estimate of drug-likeness (QED) is 0.429. The summed E-state index contributed by atoms with van der Waals surface area (Å²) >= 11 is 11.1. The average molecular weight is 509 g/mol. The Labute approximate surface area is 193 Å². The molecule has 0 amide bonds. The van der Waals surface area contributed by atoms with Crippen LogP contribution in [0, 0.1) is 11.8 Å². The smallest absolute Gasteiger partial charge is 0.191 e. The molecule has 0 radical (unpaired) electrons. The Hall–Kier alpha value is -1.25. The van der Waals surface area contributed by atoms with Crippen LogP contribution in [0.25, 0.3) is 10.7 Å². The highest BCUT2D eigenvalue weighted by Crippen LogP contribution is 2.41. The van der Waals surface area contributed by atoms with Crippen molar-refractivity contribution in [1.29, 1.82) is 0 Å². The molecule has 1 aliphatic carbocycles. The number of aliphatic hydroxyl groups is 1. The van der Waals surface area contributed by atoms with Gasteiger partial charge in [0.25, 0.3) is 0 Å². The SMILES string of the molecule is OC(c1ccc(Cl)cc1)c1cc(Br)sc1-c1ncn(C2CCC(CC3CC3)CO2)n1.